The van der Waals surface area contributed by atoms with E-state index in [0.717, 1.165) is 25.6 Å². The minimum atomic E-state index is -0.439. The molecule has 0 atom stereocenters. The van der Waals surface area contributed by atoms with Gasteiger partial charge < -0.3 is 14.8 Å². The number of anilines is 2. The third-order valence-corrected chi connectivity index (χ3v) is 7.03. The predicted octanol–water partition coefficient (Wildman–Crippen LogP) is 6.46. The number of hydrogen-bond donors (Lipinski definition) is 2. The number of urea groups is 1. The fourth-order valence-corrected chi connectivity index (χ4v) is 5.38. The van der Waals surface area contributed by atoms with E-state index in [4.69, 9.17) is 9.47 Å². The predicted molar refractivity (Wildman–Crippen MR) is 140 cm³/mol. The van der Waals surface area contributed by atoms with Gasteiger partial charge in [0.2, 0.25) is 0 Å². The van der Waals surface area contributed by atoms with Crippen molar-refractivity contribution in [3.05, 3.63) is 72.2 Å². The van der Waals surface area contributed by atoms with Crippen LogP contribution in [-0.4, -0.2) is 38.1 Å². The zero-order chi connectivity index (χ0) is 24.6. The van der Waals surface area contributed by atoms with Crippen molar-refractivity contribution in [2.75, 3.05) is 31.0 Å². The average Bonchev–Trinajstić information content (AvgIpc) is 3.26. The number of hydrogen-bond acceptors (Lipinski definition) is 7. The van der Waals surface area contributed by atoms with Crippen LogP contribution in [0.1, 0.15) is 5.56 Å². The number of nitrogens with one attached hydrogen (secondary N) is 2. The Morgan fingerprint density at radius 1 is 1.17 bits per heavy atom. The third-order valence-electron chi connectivity index (χ3n) is 4.82. The lowest BCUT2D eigenvalue weighted by Crippen LogP contribution is -2.18. The molecule has 10 heteroatoms. The highest BCUT2D eigenvalue weighted by Crippen LogP contribution is 2.40. The molecule has 0 aliphatic rings. The normalized spacial score (nSPS) is 10.8. The number of methoxy groups -OCH3 is 1. The highest BCUT2D eigenvalue weighted by molar-refractivity contribution is 8.01. The number of ether oxygens (including phenoxy) is 2. The van der Waals surface area contributed by atoms with E-state index < -0.39 is 11.8 Å². The standard InChI is InChI=1S/C25H23FN4O3S2/c1-27-15-16-12-19-20(14-21(16)33-11-10-32-2)28-9-8-22(19)34-24-7-6-23(35-24)30-25(31)29-18-5-3-4-17(26)13-18/h3-9,12-14H,1,10-11,15H2,2H3,(H2,29,30,31). The van der Waals surface area contributed by atoms with E-state index in [0.29, 0.717) is 36.2 Å². The molecule has 0 aliphatic carbocycles. The number of carbonyl (C=O) groups excluding carboxylic acids is 1. The largest absolute Gasteiger partial charge is 0.491 e. The Balaban J connectivity index is 1.49. The first-order valence-electron chi connectivity index (χ1n) is 10.6. The van der Waals surface area contributed by atoms with Gasteiger partial charge in [-0.2, -0.15) is 0 Å². The molecule has 7 nitrogen and oxygen atoms in total. The lowest BCUT2D eigenvalue weighted by Gasteiger charge is -2.13. The number of aliphatic imine (C=N–C) groups is 1. The number of carbonyl (C=O) groups is 1. The number of pyridine rings is 1. The Kier molecular flexibility index (Phi) is 8.30. The van der Waals surface area contributed by atoms with Crippen LogP contribution >= 0.6 is 23.1 Å². The fraction of sp³-hybridized carbons (Fsp3) is 0.160. The number of aromatic nitrogens is 1. The Morgan fingerprint density at radius 3 is 2.86 bits per heavy atom. The van der Waals surface area contributed by atoms with Gasteiger partial charge >= 0.3 is 6.03 Å². The minimum Gasteiger partial charge on any atom is -0.491 e. The molecule has 4 aromatic rings. The van der Waals surface area contributed by atoms with Crippen LogP contribution in [0, 0.1) is 5.82 Å². The Hall–Kier alpha value is -3.47. The highest BCUT2D eigenvalue weighted by atomic mass is 32.2. The third kappa shape index (κ3) is 6.56. The number of halogens is 1. The Bertz CT molecular complexity index is 1350. The number of rotatable bonds is 10. The molecule has 180 valence electrons. The van der Waals surface area contributed by atoms with E-state index in [9.17, 15) is 9.18 Å². The molecule has 4 rings (SSSR count). The maximum Gasteiger partial charge on any atom is 0.324 e. The maximum absolute atomic E-state index is 13.3. The SMILES string of the molecule is C=NCc1cc2c(Sc3ccc(NC(=O)Nc4cccc(F)c4)s3)ccnc2cc1OCCOC. The molecular formula is C25H23FN4O3S2. The van der Waals surface area contributed by atoms with Crippen molar-refractivity contribution in [2.24, 2.45) is 4.99 Å². The van der Waals surface area contributed by atoms with Crippen LogP contribution in [0.25, 0.3) is 10.9 Å². The van der Waals surface area contributed by atoms with E-state index >= 15 is 0 Å². The first-order chi connectivity index (χ1) is 17.1. The molecule has 0 bridgehead atoms. The highest BCUT2D eigenvalue weighted by Gasteiger charge is 2.13. The average molecular weight is 511 g/mol. The van der Waals surface area contributed by atoms with E-state index in [2.05, 4.69) is 27.3 Å². The quantitative estimate of drug-likeness (QED) is 0.189. The molecular weight excluding hydrogens is 487 g/mol. The summed E-state index contributed by atoms with van der Waals surface area (Å²) < 4.78 is 25.3. The second-order valence-electron chi connectivity index (χ2n) is 7.32. The van der Waals surface area contributed by atoms with Crippen LogP contribution in [0.2, 0.25) is 0 Å². The smallest absolute Gasteiger partial charge is 0.324 e. The van der Waals surface area contributed by atoms with Crippen molar-refractivity contribution in [1.29, 1.82) is 0 Å². The van der Waals surface area contributed by atoms with Crippen molar-refractivity contribution in [3.8, 4) is 5.75 Å². The van der Waals surface area contributed by atoms with Crippen molar-refractivity contribution < 1.29 is 18.7 Å². The second kappa shape index (κ2) is 11.8. The van der Waals surface area contributed by atoms with Crippen LogP contribution < -0.4 is 15.4 Å². The van der Waals surface area contributed by atoms with Gasteiger partial charge in [0.15, 0.2) is 0 Å². The molecule has 0 aliphatic heterocycles. The summed E-state index contributed by atoms with van der Waals surface area (Å²) in [7, 11) is 1.63. The van der Waals surface area contributed by atoms with Gasteiger partial charge in [0.1, 0.15) is 18.2 Å². The van der Waals surface area contributed by atoms with Gasteiger partial charge in [0.05, 0.1) is 27.9 Å². The zero-order valence-corrected chi connectivity index (χ0v) is 20.5. The second-order valence-corrected chi connectivity index (χ2v) is 9.75. The van der Waals surface area contributed by atoms with E-state index in [1.807, 2.05) is 30.3 Å². The number of fused-ring (bicyclic) bond motifs is 1. The van der Waals surface area contributed by atoms with Crippen LogP contribution in [0.4, 0.5) is 19.9 Å². The lowest BCUT2D eigenvalue weighted by molar-refractivity contribution is 0.146. The minimum absolute atomic E-state index is 0.382. The zero-order valence-electron chi connectivity index (χ0n) is 18.9. The van der Waals surface area contributed by atoms with Gasteiger partial charge in [0.25, 0.3) is 0 Å². The molecule has 0 saturated carbocycles. The molecule has 0 spiro atoms. The number of nitrogens with zero attached hydrogens (tertiary/aromatic N) is 2. The maximum atomic E-state index is 13.3. The molecule has 2 aromatic carbocycles. The van der Waals surface area contributed by atoms with Crippen LogP contribution in [0.15, 0.2) is 74.9 Å². The van der Waals surface area contributed by atoms with Crippen LogP contribution in [0.5, 0.6) is 5.75 Å². The van der Waals surface area contributed by atoms with Gasteiger partial charge in [0, 0.05) is 40.9 Å². The van der Waals surface area contributed by atoms with E-state index in [-0.39, 0.29) is 0 Å². The van der Waals surface area contributed by atoms with Crippen molar-refractivity contribution >= 4 is 57.4 Å². The molecule has 2 aromatic heterocycles. The first-order valence-corrected chi connectivity index (χ1v) is 12.3. The monoisotopic (exact) mass is 510 g/mol. The van der Waals surface area contributed by atoms with Gasteiger partial charge in [-0.3, -0.25) is 15.3 Å². The molecule has 0 saturated heterocycles. The van der Waals surface area contributed by atoms with E-state index in [1.54, 1.807) is 31.1 Å². The first kappa shape index (κ1) is 24.6. The summed E-state index contributed by atoms with van der Waals surface area (Å²) in [6.45, 7) is 4.95. The summed E-state index contributed by atoms with van der Waals surface area (Å²) in [5.74, 6) is 0.298. The van der Waals surface area contributed by atoms with Gasteiger partial charge in [-0.1, -0.05) is 17.8 Å². The Labute approximate surface area is 210 Å². The van der Waals surface area contributed by atoms with Crippen molar-refractivity contribution in [3.63, 3.8) is 0 Å². The number of thiophene rings is 1. The van der Waals surface area contributed by atoms with Crippen LogP contribution in [0.3, 0.4) is 0 Å². The summed E-state index contributed by atoms with van der Waals surface area (Å²) in [6, 6.07) is 15.0. The summed E-state index contributed by atoms with van der Waals surface area (Å²) >= 11 is 3.01. The molecule has 0 radical (unpaired) electrons. The molecule has 2 N–H and O–H groups in total. The molecule has 35 heavy (non-hydrogen) atoms. The molecule has 0 fully saturated rings. The number of benzene rings is 2. The molecule has 2 heterocycles. The lowest BCUT2D eigenvalue weighted by atomic mass is 10.1. The number of amides is 2. The molecule has 0 unspecified atom stereocenters. The van der Waals surface area contributed by atoms with Gasteiger partial charge in [-0.25, -0.2) is 9.18 Å². The molecule has 2 amide bonds. The summed E-state index contributed by atoms with van der Waals surface area (Å²) in [5.41, 5.74) is 2.10. The van der Waals surface area contributed by atoms with Crippen LogP contribution in [-0.2, 0) is 11.3 Å². The summed E-state index contributed by atoms with van der Waals surface area (Å²) in [4.78, 5) is 21.8. The fourth-order valence-electron chi connectivity index (χ4n) is 3.29. The van der Waals surface area contributed by atoms with Crippen molar-refractivity contribution in [2.45, 2.75) is 15.6 Å². The van der Waals surface area contributed by atoms with Gasteiger partial charge in [-0.05, 0) is 49.2 Å². The summed E-state index contributed by atoms with van der Waals surface area (Å²) in [5, 5.41) is 7.05. The summed E-state index contributed by atoms with van der Waals surface area (Å²) in [6.07, 6.45) is 1.76. The Morgan fingerprint density at radius 2 is 2.06 bits per heavy atom. The van der Waals surface area contributed by atoms with E-state index in [1.165, 1.54) is 29.5 Å². The topological polar surface area (TPSA) is 84.8 Å². The van der Waals surface area contributed by atoms with Gasteiger partial charge in [-0.15, -0.1) is 11.3 Å². The van der Waals surface area contributed by atoms with Crippen molar-refractivity contribution in [1.82, 2.24) is 4.98 Å².